The van der Waals surface area contributed by atoms with Crippen molar-refractivity contribution >= 4 is 11.6 Å². The van der Waals surface area contributed by atoms with Crippen LogP contribution in [0.3, 0.4) is 0 Å². The highest BCUT2D eigenvalue weighted by Gasteiger charge is 2.05. The van der Waals surface area contributed by atoms with Gasteiger partial charge in [0.05, 0.1) is 0 Å². The van der Waals surface area contributed by atoms with Gasteiger partial charge in [-0.05, 0) is 83.7 Å². The molecule has 0 aromatic heterocycles. The Morgan fingerprint density at radius 1 is 0.500 bits per heavy atom. The van der Waals surface area contributed by atoms with Crippen LogP contribution in [0.15, 0.2) is 97.1 Å². The van der Waals surface area contributed by atoms with Crippen molar-refractivity contribution < 1.29 is 0 Å². The molecule has 0 spiro atoms. The van der Waals surface area contributed by atoms with Crippen LogP contribution >= 0.6 is 11.6 Å². The SMILES string of the molecule is Cc1ccc(-c2cccc(-c3cccc(CCCCCCc4ccccc4)c3)c2)cc1Cl. The first-order valence-corrected chi connectivity index (χ1v) is 12.1. The predicted octanol–water partition coefficient (Wildman–Crippen LogP) is 9.33. The van der Waals surface area contributed by atoms with Crippen molar-refractivity contribution in [3.8, 4) is 22.3 Å². The Kier molecular flexibility index (Phi) is 7.80. The molecule has 0 saturated heterocycles. The van der Waals surface area contributed by atoms with Gasteiger partial charge in [-0.15, -0.1) is 0 Å². The van der Waals surface area contributed by atoms with Crippen molar-refractivity contribution in [1.82, 2.24) is 0 Å². The van der Waals surface area contributed by atoms with Crippen LogP contribution < -0.4 is 0 Å². The Morgan fingerprint density at radius 2 is 1.06 bits per heavy atom. The van der Waals surface area contributed by atoms with Gasteiger partial charge in [-0.25, -0.2) is 0 Å². The van der Waals surface area contributed by atoms with Gasteiger partial charge in [0.2, 0.25) is 0 Å². The lowest BCUT2D eigenvalue weighted by atomic mass is 9.96. The van der Waals surface area contributed by atoms with Crippen LogP contribution in [0.5, 0.6) is 0 Å². The van der Waals surface area contributed by atoms with Gasteiger partial charge >= 0.3 is 0 Å². The maximum absolute atomic E-state index is 6.35. The van der Waals surface area contributed by atoms with Gasteiger partial charge in [-0.2, -0.15) is 0 Å². The van der Waals surface area contributed by atoms with E-state index in [4.69, 9.17) is 11.6 Å². The first kappa shape index (κ1) is 22.4. The molecule has 4 rings (SSSR count). The smallest absolute Gasteiger partial charge is 0.0441 e. The van der Waals surface area contributed by atoms with E-state index in [1.165, 1.54) is 59.9 Å². The molecule has 0 nitrogen and oxygen atoms in total. The van der Waals surface area contributed by atoms with Crippen LogP contribution in [0.25, 0.3) is 22.3 Å². The molecule has 0 fully saturated rings. The van der Waals surface area contributed by atoms with Gasteiger partial charge in [0.15, 0.2) is 0 Å². The van der Waals surface area contributed by atoms with Crippen LogP contribution in [0.1, 0.15) is 42.4 Å². The molecule has 4 aromatic carbocycles. The minimum Gasteiger partial charge on any atom is -0.0840 e. The molecule has 0 saturated carbocycles. The highest BCUT2D eigenvalue weighted by Crippen LogP contribution is 2.29. The summed E-state index contributed by atoms with van der Waals surface area (Å²) in [5.41, 5.74) is 8.89. The van der Waals surface area contributed by atoms with E-state index in [1.54, 1.807) is 0 Å². The van der Waals surface area contributed by atoms with Crippen molar-refractivity contribution in [1.29, 1.82) is 0 Å². The Balaban J connectivity index is 1.34. The van der Waals surface area contributed by atoms with E-state index in [1.807, 2.05) is 6.92 Å². The number of rotatable bonds is 9. The second kappa shape index (κ2) is 11.2. The summed E-state index contributed by atoms with van der Waals surface area (Å²) < 4.78 is 0. The second-order valence-electron chi connectivity index (χ2n) is 8.64. The highest BCUT2D eigenvalue weighted by molar-refractivity contribution is 6.31. The molecule has 0 aliphatic carbocycles. The quantitative estimate of drug-likeness (QED) is 0.228. The van der Waals surface area contributed by atoms with E-state index >= 15 is 0 Å². The van der Waals surface area contributed by atoms with E-state index in [0.29, 0.717) is 0 Å². The zero-order valence-corrected chi connectivity index (χ0v) is 19.6. The van der Waals surface area contributed by atoms with Crippen LogP contribution in [0, 0.1) is 6.92 Å². The molecule has 0 bridgehead atoms. The lowest BCUT2D eigenvalue weighted by Gasteiger charge is -2.09. The third-order valence-corrected chi connectivity index (χ3v) is 6.56. The zero-order valence-electron chi connectivity index (χ0n) is 18.9. The summed E-state index contributed by atoms with van der Waals surface area (Å²) in [4.78, 5) is 0. The molecule has 0 aliphatic rings. The predicted molar refractivity (Wildman–Crippen MR) is 139 cm³/mol. The summed E-state index contributed by atoms with van der Waals surface area (Å²) in [6.07, 6.45) is 7.46. The molecular formula is C31H31Cl. The van der Waals surface area contributed by atoms with Gasteiger partial charge in [-0.3, -0.25) is 0 Å². The molecule has 0 unspecified atom stereocenters. The molecule has 1 heteroatoms. The summed E-state index contributed by atoms with van der Waals surface area (Å²) in [6.45, 7) is 2.04. The molecule has 0 N–H and O–H groups in total. The van der Waals surface area contributed by atoms with Crippen molar-refractivity contribution in [3.63, 3.8) is 0 Å². The number of benzene rings is 4. The van der Waals surface area contributed by atoms with Gasteiger partial charge in [0.1, 0.15) is 0 Å². The summed E-state index contributed by atoms with van der Waals surface area (Å²) in [6, 6.07) is 34.9. The summed E-state index contributed by atoms with van der Waals surface area (Å²) in [5.74, 6) is 0. The number of hydrogen-bond acceptors (Lipinski definition) is 0. The van der Waals surface area contributed by atoms with E-state index in [9.17, 15) is 0 Å². The number of hydrogen-bond donors (Lipinski definition) is 0. The zero-order chi connectivity index (χ0) is 22.2. The average Bonchev–Trinajstić information content (AvgIpc) is 2.84. The summed E-state index contributed by atoms with van der Waals surface area (Å²) in [5, 5.41) is 0.818. The van der Waals surface area contributed by atoms with Crippen LogP contribution in [0.2, 0.25) is 5.02 Å². The molecule has 0 heterocycles. The molecule has 0 aliphatic heterocycles. The van der Waals surface area contributed by atoms with E-state index < -0.39 is 0 Å². The van der Waals surface area contributed by atoms with Gasteiger partial charge in [0, 0.05) is 5.02 Å². The second-order valence-corrected chi connectivity index (χ2v) is 9.05. The Hall–Kier alpha value is -2.83. The fourth-order valence-electron chi connectivity index (χ4n) is 4.21. The molecule has 0 radical (unpaired) electrons. The normalized spacial score (nSPS) is 10.9. The van der Waals surface area contributed by atoms with Gasteiger partial charge in [0.25, 0.3) is 0 Å². The van der Waals surface area contributed by atoms with Gasteiger partial charge < -0.3 is 0 Å². The molecule has 4 aromatic rings. The Morgan fingerprint density at radius 3 is 1.75 bits per heavy atom. The highest BCUT2D eigenvalue weighted by atomic mass is 35.5. The first-order chi connectivity index (χ1) is 15.7. The monoisotopic (exact) mass is 438 g/mol. The van der Waals surface area contributed by atoms with Crippen molar-refractivity contribution in [2.75, 3.05) is 0 Å². The van der Waals surface area contributed by atoms with Crippen LogP contribution in [-0.2, 0) is 12.8 Å². The van der Waals surface area contributed by atoms with Crippen molar-refractivity contribution in [3.05, 3.63) is 119 Å². The maximum atomic E-state index is 6.35. The molecule has 32 heavy (non-hydrogen) atoms. The lowest BCUT2D eigenvalue weighted by molar-refractivity contribution is 0.640. The lowest BCUT2D eigenvalue weighted by Crippen LogP contribution is -1.89. The summed E-state index contributed by atoms with van der Waals surface area (Å²) in [7, 11) is 0. The first-order valence-electron chi connectivity index (χ1n) is 11.7. The average molecular weight is 439 g/mol. The number of unbranched alkanes of at least 4 members (excludes halogenated alkanes) is 3. The van der Waals surface area contributed by atoms with E-state index in [-0.39, 0.29) is 0 Å². The Labute approximate surface area is 197 Å². The third-order valence-electron chi connectivity index (χ3n) is 6.15. The standard InChI is InChI=1S/C31H31Cl/c1-24-19-20-30(23-31(24)32)29-18-10-17-28(22-29)27-16-9-15-26(21-27)14-6-3-2-5-11-25-12-7-4-8-13-25/h4,7-10,12-13,15-23H,2-3,5-6,11,14H2,1H3. The van der Waals surface area contributed by atoms with Crippen molar-refractivity contribution in [2.24, 2.45) is 0 Å². The molecular weight excluding hydrogens is 408 g/mol. The third kappa shape index (κ3) is 6.11. The van der Waals surface area contributed by atoms with E-state index in [2.05, 4.69) is 97.1 Å². The Bertz CT molecular complexity index is 1140. The van der Waals surface area contributed by atoms with Crippen LogP contribution in [-0.4, -0.2) is 0 Å². The van der Waals surface area contributed by atoms with Gasteiger partial charge in [-0.1, -0.05) is 109 Å². The van der Waals surface area contributed by atoms with Crippen LogP contribution in [0.4, 0.5) is 0 Å². The topological polar surface area (TPSA) is 0 Å². The molecule has 0 amide bonds. The maximum Gasteiger partial charge on any atom is 0.0441 e. The van der Waals surface area contributed by atoms with E-state index in [0.717, 1.165) is 22.6 Å². The fourth-order valence-corrected chi connectivity index (χ4v) is 4.39. The summed E-state index contributed by atoms with van der Waals surface area (Å²) >= 11 is 6.35. The largest absolute Gasteiger partial charge is 0.0840 e. The number of halogens is 1. The minimum atomic E-state index is 0.818. The van der Waals surface area contributed by atoms with Crippen molar-refractivity contribution in [2.45, 2.75) is 45.4 Å². The molecule has 0 atom stereocenters. The minimum absolute atomic E-state index is 0.818. The fraction of sp³-hybridized carbons (Fsp3) is 0.226. The number of aryl methyl sites for hydroxylation is 3. The molecule has 162 valence electrons.